The Hall–Kier alpha value is -2.24. The van der Waals surface area contributed by atoms with Crippen molar-refractivity contribution in [2.75, 3.05) is 30.9 Å². The molecule has 1 atom stereocenters. The van der Waals surface area contributed by atoms with Gasteiger partial charge in [0.05, 0.1) is 0 Å². The van der Waals surface area contributed by atoms with Crippen LogP contribution in [-0.4, -0.2) is 48.2 Å². The van der Waals surface area contributed by atoms with Crippen molar-refractivity contribution in [3.05, 3.63) is 24.3 Å². The number of hydrogen-bond acceptors (Lipinski definition) is 3. The second kappa shape index (κ2) is 5.63. The van der Waals surface area contributed by atoms with E-state index in [2.05, 4.69) is 5.32 Å². The largest absolute Gasteiger partial charge is 0.480 e. The van der Waals surface area contributed by atoms with Crippen molar-refractivity contribution in [2.45, 2.75) is 25.3 Å². The lowest BCUT2D eigenvalue weighted by molar-refractivity contribution is -0.146. The second-order valence-electron chi connectivity index (χ2n) is 5.71. The van der Waals surface area contributed by atoms with Crippen molar-refractivity contribution in [1.82, 2.24) is 4.90 Å². The van der Waals surface area contributed by atoms with Crippen LogP contribution >= 0.6 is 0 Å². The van der Waals surface area contributed by atoms with Gasteiger partial charge in [-0.25, -0.2) is 9.59 Å². The number of carboxylic acid groups (broad SMARTS) is 1. The van der Waals surface area contributed by atoms with Crippen LogP contribution in [-0.2, 0) is 4.79 Å². The molecule has 114 valence electrons. The highest BCUT2D eigenvalue weighted by atomic mass is 16.4. The van der Waals surface area contributed by atoms with Gasteiger partial charge in [-0.2, -0.15) is 0 Å². The van der Waals surface area contributed by atoms with Gasteiger partial charge in [0.15, 0.2) is 0 Å². The van der Waals surface area contributed by atoms with Gasteiger partial charge in [-0.05, 0) is 44.0 Å². The van der Waals surface area contributed by atoms with Gasteiger partial charge in [0, 0.05) is 32.0 Å². The molecule has 2 rings (SSSR count). The van der Waals surface area contributed by atoms with E-state index in [-0.39, 0.29) is 6.03 Å². The van der Waals surface area contributed by atoms with Gasteiger partial charge in [0.25, 0.3) is 0 Å². The fourth-order valence-electron chi connectivity index (χ4n) is 2.55. The maximum absolute atomic E-state index is 12.3. The average molecular weight is 291 g/mol. The molecule has 0 bridgehead atoms. The van der Waals surface area contributed by atoms with Crippen LogP contribution in [0, 0.1) is 0 Å². The highest BCUT2D eigenvalue weighted by Gasteiger charge is 2.45. The van der Waals surface area contributed by atoms with Gasteiger partial charge in [0.2, 0.25) is 0 Å². The van der Waals surface area contributed by atoms with Crippen LogP contribution in [0.25, 0.3) is 0 Å². The molecule has 1 aliphatic heterocycles. The van der Waals surface area contributed by atoms with E-state index in [1.54, 1.807) is 19.1 Å². The Bertz CT molecular complexity index is 542. The fourth-order valence-corrected chi connectivity index (χ4v) is 2.55. The van der Waals surface area contributed by atoms with Crippen molar-refractivity contribution < 1.29 is 14.7 Å². The first-order chi connectivity index (χ1) is 9.84. The van der Waals surface area contributed by atoms with E-state index < -0.39 is 11.5 Å². The van der Waals surface area contributed by atoms with Gasteiger partial charge in [-0.1, -0.05) is 0 Å². The van der Waals surface area contributed by atoms with Crippen LogP contribution in [0.1, 0.15) is 19.8 Å². The summed E-state index contributed by atoms with van der Waals surface area (Å²) in [6.07, 6.45) is 1.19. The minimum Gasteiger partial charge on any atom is -0.480 e. The molecule has 1 fully saturated rings. The minimum absolute atomic E-state index is 0.366. The van der Waals surface area contributed by atoms with E-state index in [1.807, 2.05) is 31.1 Å². The molecule has 2 N–H and O–H groups in total. The van der Waals surface area contributed by atoms with E-state index in [0.717, 1.165) is 5.69 Å². The van der Waals surface area contributed by atoms with E-state index in [9.17, 15) is 14.7 Å². The van der Waals surface area contributed by atoms with Gasteiger partial charge >= 0.3 is 12.0 Å². The standard InChI is InChI=1S/C15H21N3O3/c1-15(13(19)20)9-4-10-18(15)14(21)16-11-5-7-12(8-6-11)17(2)3/h5-8H,4,9-10H2,1-3H3,(H,16,21)(H,19,20). The molecule has 6 heteroatoms. The second-order valence-corrected chi connectivity index (χ2v) is 5.71. The molecule has 1 saturated heterocycles. The van der Waals surface area contributed by atoms with Crippen LogP contribution in [0.15, 0.2) is 24.3 Å². The molecule has 6 nitrogen and oxygen atoms in total. The smallest absolute Gasteiger partial charge is 0.329 e. The fraction of sp³-hybridized carbons (Fsp3) is 0.467. The third-order valence-electron chi connectivity index (χ3n) is 3.98. The Kier molecular flexibility index (Phi) is 4.06. The van der Waals surface area contributed by atoms with Crippen LogP contribution in [0.2, 0.25) is 0 Å². The van der Waals surface area contributed by atoms with Gasteiger partial charge in [0.1, 0.15) is 5.54 Å². The predicted molar refractivity (Wildman–Crippen MR) is 81.8 cm³/mol. The normalized spacial score (nSPS) is 21.2. The van der Waals surface area contributed by atoms with E-state index in [0.29, 0.717) is 25.1 Å². The van der Waals surface area contributed by atoms with Crippen LogP contribution < -0.4 is 10.2 Å². The van der Waals surface area contributed by atoms with Crippen LogP contribution in [0.5, 0.6) is 0 Å². The van der Waals surface area contributed by atoms with Crippen molar-refractivity contribution in [1.29, 1.82) is 0 Å². The Balaban J connectivity index is 2.09. The van der Waals surface area contributed by atoms with Crippen molar-refractivity contribution in [3.63, 3.8) is 0 Å². The maximum Gasteiger partial charge on any atom is 0.329 e. The first-order valence-corrected chi connectivity index (χ1v) is 6.94. The zero-order valence-corrected chi connectivity index (χ0v) is 12.6. The highest BCUT2D eigenvalue weighted by molar-refractivity contribution is 5.94. The molecule has 0 saturated carbocycles. The predicted octanol–water partition coefficient (Wildman–Crippen LogP) is 2.22. The molecule has 1 heterocycles. The Morgan fingerprint density at radius 1 is 1.29 bits per heavy atom. The number of aliphatic carboxylic acids is 1. The van der Waals surface area contributed by atoms with Gasteiger partial charge in [-0.3, -0.25) is 0 Å². The summed E-state index contributed by atoms with van der Waals surface area (Å²) in [5, 5.41) is 12.1. The number of carboxylic acids is 1. The number of urea groups is 1. The van der Waals surface area contributed by atoms with Crippen LogP contribution in [0.3, 0.4) is 0 Å². The topological polar surface area (TPSA) is 72.9 Å². The quantitative estimate of drug-likeness (QED) is 0.895. The molecule has 1 unspecified atom stereocenters. The molecule has 1 aliphatic rings. The summed E-state index contributed by atoms with van der Waals surface area (Å²) < 4.78 is 0. The molecule has 0 radical (unpaired) electrons. The van der Waals surface area contributed by atoms with E-state index in [1.165, 1.54) is 4.90 Å². The number of carbonyl (C=O) groups excluding carboxylic acids is 1. The van der Waals surface area contributed by atoms with E-state index >= 15 is 0 Å². The summed E-state index contributed by atoms with van der Waals surface area (Å²) in [4.78, 5) is 27.0. The summed E-state index contributed by atoms with van der Waals surface area (Å²) in [5.41, 5.74) is 0.572. The van der Waals surface area contributed by atoms with Gasteiger partial charge in [-0.15, -0.1) is 0 Å². The molecule has 1 aromatic carbocycles. The molecule has 21 heavy (non-hydrogen) atoms. The number of benzene rings is 1. The molecule has 1 aromatic rings. The average Bonchev–Trinajstić information content (AvgIpc) is 2.83. The number of rotatable bonds is 3. The summed E-state index contributed by atoms with van der Waals surface area (Å²) in [7, 11) is 3.88. The van der Waals surface area contributed by atoms with Gasteiger partial charge < -0.3 is 20.2 Å². The van der Waals surface area contributed by atoms with Crippen molar-refractivity contribution in [3.8, 4) is 0 Å². The highest BCUT2D eigenvalue weighted by Crippen LogP contribution is 2.30. The third-order valence-corrected chi connectivity index (χ3v) is 3.98. The zero-order valence-electron chi connectivity index (χ0n) is 12.6. The lowest BCUT2D eigenvalue weighted by Crippen LogP contribution is -2.52. The number of anilines is 2. The molecular weight excluding hydrogens is 270 g/mol. The molecule has 2 amide bonds. The summed E-state index contributed by atoms with van der Waals surface area (Å²) in [6, 6.07) is 7.05. The third kappa shape index (κ3) is 2.94. The lowest BCUT2D eigenvalue weighted by atomic mass is 10.00. The van der Waals surface area contributed by atoms with Crippen molar-refractivity contribution in [2.24, 2.45) is 0 Å². The number of hydrogen-bond donors (Lipinski definition) is 2. The van der Waals surface area contributed by atoms with E-state index in [4.69, 9.17) is 0 Å². The van der Waals surface area contributed by atoms with Crippen molar-refractivity contribution >= 4 is 23.4 Å². The summed E-state index contributed by atoms with van der Waals surface area (Å²) >= 11 is 0. The van der Waals surface area contributed by atoms with Crippen LogP contribution in [0.4, 0.5) is 16.2 Å². The molecule has 0 aromatic heterocycles. The SMILES string of the molecule is CN(C)c1ccc(NC(=O)N2CCCC2(C)C(=O)O)cc1. The first-order valence-electron chi connectivity index (χ1n) is 6.94. The Morgan fingerprint density at radius 3 is 2.43 bits per heavy atom. The Labute approximate surface area is 124 Å². The maximum atomic E-state index is 12.3. The summed E-state index contributed by atoms with van der Waals surface area (Å²) in [6.45, 7) is 2.06. The molecule has 0 spiro atoms. The lowest BCUT2D eigenvalue weighted by Gasteiger charge is -2.31. The number of amides is 2. The number of carbonyl (C=O) groups is 2. The monoisotopic (exact) mass is 291 g/mol. The number of nitrogens with one attached hydrogen (secondary N) is 1. The Morgan fingerprint density at radius 2 is 1.90 bits per heavy atom. The summed E-state index contributed by atoms with van der Waals surface area (Å²) in [5.74, 6) is -0.960. The zero-order chi connectivity index (χ0) is 15.6. The molecule has 0 aliphatic carbocycles. The number of likely N-dealkylation sites (tertiary alicyclic amines) is 1. The minimum atomic E-state index is -1.12. The molecular formula is C15H21N3O3. The first kappa shape index (κ1) is 15.2. The number of nitrogens with zero attached hydrogens (tertiary/aromatic N) is 2.